The van der Waals surface area contributed by atoms with Gasteiger partial charge in [0.1, 0.15) is 6.10 Å². The smallest absolute Gasteiger partial charge is 0.248 e. The highest BCUT2D eigenvalue weighted by Gasteiger charge is 2.35. The predicted octanol–water partition coefficient (Wildman–Crippen LogP) is 4.22. The molecule has 0 aliphatic carbocycles. The number of hydrogen-bond acceptors (Lipinski definition) is 3. The van der Waals surface area contributed by atoms with E-state index in [1.165, 1.54) is 5.56 Å². The third-order valence-corrected chi connectivity index (χ3v) is 5.75. The number of carbonyl (C=O) groups is 1. The van der Waals surface area contributed by atoms with Gasteiger partial charge in [0.25, 0.3) is 0 Å². The molecule has 1 unspecified atom stereocenters. The summed E-state index contributed by atoms with van der Waals surface area (Å²) < 4.78 is 12.4. The van der Waals surface area contributed by atoms with E-state index in [9.17, 15) is 4.79 Å². The largest absolute Gasteiger partial charge is 0.381 e. The SMILES string of the molecule is CC(OCc1ccccc1)C(=O)NCC1(c2ccc(Br)cc2)CCOCC1. The minimum atomic E-state index is -0.494. The number of rotatable bonds is 7. The van der Waals surface area contributed by atoms with Gasteiger partial charge in [-0.2, -0.15) is 0 Å². The summed E-state index contributed by atoms with van der Waals surface area (Å²) in [4.78, 5) is 12.6. The zero-order valence-electron chi connectivity index (χ0n) is 15.6. The van der Waals surface area contributed by atoms with Gasteiger partial charge >= 0.3 is 0 Å². The van der Waals surface area contributed by atoms with Gasteiger partial charge in [0, 0.05) is 29.6 Å². The quantitative estimate of drug-likeness (QED) is 0.713. The Morgan fingerprint density at radius 3 is 2.48 bits per heavy atom. The van der Waals surface area contributed by atoms with E-state index in [1.54, 1.807) is 6.92 Å². The molecule has 1 fully saturated rings. The molecule has 1 N–H and O–H groups in total. The molecule has 144 valence electrons. The van der Waals surface area contributed by atoms with E-state index >= 15 is 0 Å². The molecular weight excluding hydrogens is 406 g/mol. The number of nitrogens with one attached hydrogen (secondary N) is 1. The number of amides is 1. The lowest BCUT2D eigenvalue weighted by atomic mass is 9.74. The van der Waals surface area contributed by atoms with Crippen molar-refractivity contribution in [1.82, 2.24) is 5.32 Å². The lowest BCUT2D eigenvalue weighted by Gasteiger charge is -2.38. The van der Waals surface area contributed by atoms with Crippen molar-refractivity contribution in [2.75, 3.05) is 19.8 Å². The molecule has 4 nitrogen and oxygen atoms in total. The Morgan fingerprint density at radius 2 is 1.81 bits per heavy atom. The first-order valence-electron chi connectivity index (χ1n) is 9.36. The van der Waals surface area contributed by atoms with Crippen molar-refractivity contribution in [2.45, 2.75) is 37.9 Å². The molecule has 1 aliphatic heterocycles. The van der Waals surface area contributed by atoms with Crippen molar-refractivity contribution >= 4 is 21.8 Å². The second-order valence-corrected chi connectivity index (χ2v) is 7.97. The maximum Gasteiger partial charge on any atom is 0.248 e. The summed E-state index contributed by atoms with van der Waals surface area (Å²) in [5.41, 5.74) is 2.22. The van der Waals surface area contributed by atoms with Crippen LogP contribution in [0.5, 0.6) is 0 Å². The van der Waals surface area contributed by atoms with Crippen LogP contribution >= 0.6 is 15.9 Å². The van der Waals surface area contributed by atoms with Crippen LogP contribution in [0.1, 0.15) is 30.9 Å². The van der Waals surface area contributed by atoms with E-state index in [1.807, 2.05) is 30.3 Å². The zero-order chi connectivity index (χ0) is 19.1. The van der Waals surface area contributed by atoms with Gasteiger partial charge < -0.3 is 14.8 Å². The van der Waals surface area contributed by atoms with Crippen LogP contribution in [0.3, 0.4) is 0 Å². The average molecular weight is 432 g/mol. The summed E-state index contributed by atoms with van der Waals surface area (Å²) in [5.74, 6) is -0.0751. The highest BCUT2D eigenvalue weighted by Crippen LogP contribution is 2.35. The van der Waals surface area contributed by atoms with E-state index in [0.717, 1.165) is 22.9 Å². The molecule has 2 aromatic carbocycles. The first-order valence-corrected chi connectivity index (χ1v) is 10.2. The molecule has 1 amide bonds. The first-order chi connectivity index (χ1) is 13.1. The predicted molar refractivity (Wildman–Crippen MR) is 110 cm³/mol. The van der Waals surface area contributed by atoms with Crippen LogP contribution in [0, 0.1) is 0 Å². The van der Waals surface area contributed by atoms with Gasteiger partial charge in [-0.25, -0.2) is 0 Å². The Morgan fingerprint density at radius 1 is 1.15 bits per heavy atom. The molecule has 1 aliphatic rings. The van der Waals surface area contributed by atoms with Crippen LogP contribution in [0.15, 0.2) is 59.1 Å². The topological polar surface area (TPSA) is 47.6 Å². The highest BCUT2D eigenvalue weighted by molar-refractivity contribution is 9.10. The minimum absolute atomic E-state index is 0.0751. The van der Waals surface area contributed by atoms with E-state index < -0.39 is 6.10 Å². The lowest BCUT2D eigenvalue weighted by Crippen LogP contribution is -2.47. The molecule has 1 saturated heterocycles. The maximum absolute atomic E-state index is 12.6. The average Bonchev–Trinajstić information content (AvgIpc) is 2.72. The fraction of sp³-hybridized carbons (Fsp3) is 0.409. The molecular formula is C22H26BrNO3. The fourth-order valence-corrected chi connectivity index (χ4v) is 3.67. The van der Waals surface area contributed by atoms with Crippen LogP contribution in [0.2, 0.25) is 0 Å². The van der Waals surface area contributed by atoms with Crippen molar-refractivity contribution < 1.29 is 14.3 Å². The molecule has 0 saturated carbocycles. The van der Waals surface area contributed by atoms with Crippen LogP contribution in [0.4, 0.5) is 0 Å². The number of carbonyl (C=O) groups excluding carboxylic acids is 1. The van der Waals surface area contributed by atoms with E-state index in [4.69, 9.17) is 9.47 Å². The van der Waals surface area contributed by atoms with E-state index in [2.05, 4.69) is 45.5 Å². The van der Waals surface area contributed by atoms with Crippen LogP contribution in [-0.4, -0.2) is 31.8 Å². The van der Waals surface area contributed by atoms with Crippen LogP contribution < -0.4 is 5.32 Å². The lowest BCUT2D eigenvalue weighted by molar-refractivity contribution is -0.133. The molecule has 1 atom stereocenters. The molecule has 0 aromatic heterocycles. The van der Waals surface area contributed by atoms with Crippen molar-refractivity contribution in [3.8, 4) is 0 Å². The molecule has 27 heavy (non-hydrogen) atoms. The molecule has 1 heterocycles. The van der Waals surface area contributed by atoms with Gasteiger partial charge in [0.2, 0.25) is 5.91 Å². The molecule has 0 spiro atoms. The molecule has 5 heteroatoms. The molecule has 0 radical (unpaired) electrons. The van der Waals surface area contributed by atoms with Crippen molar-refractivity contribution in [1.29, 1.82) is 0 Å². The number of ether oxygens (including phenoxy) is 2. The summed E-state index contributed by atoms with van der Waals surface area (Å²) in [6.07, 6.45) is 1.30. The van der Waals surface area contributed by atoms with Gasteiger partial charge in [0.05, 0.1) is 6.61 Å². The van der Waals surface area contributed by atoms with Gasteiger partial charge in [0.15, 0.2) is 0 Å². The maximum atomic E-state index is 12.6. The Balaban J connectivity index is 1.59. The monoisotopic (exact) mass is 431 g/mol. The molecule has 0 bridgehead atoms. The fourth-order valence-electron chi connectivity index (χ4n) is 3.40. The van der Waals surface area contributed by atoms with E-state index in [0.29, 0.717) is 26.4 Å². The standard InChI is InChI=1S/C22H26BrNO3/c1-17(27-15-18-5-3-2-4-6-18)21(25)24-16-22(11-13-26-14-12-22)19-7-9-20(23)10-8-19/h2-10,17H,11-16H2,1H3,(H,24,25). The Labute approximate surface area is 169 Å². The van der Waals surface area contributed by atoms with Crippen LogP contribution in [0.25, 0.3) is 0 Å². The number of hydrogen-bond donors (Lipinski definition) is 1. The Hall–Kier alpha value is -1.69. The van der Waals surface area contributed by atoms with Gasteiger partial charge in [-0.3, -0.25) is 4.79 Å². The minimum Gasteiger partial charge on any atom is -0.381 e. The number of benzene rings is 2. The Bertz CT molecular complexity index is 727. The van der Waals surface area contributed by atoms with Crippen molar-refractivity contribution in [2.24, 2.45) is 0 Å². The molecule has 2 aromatic rings. The van der Waals surface area contributed by atoms with Gasteiger partial charge in [-0.05, 0) is 43.0 Å². The van der Waals surface area contributed by atoms with Crippen molar-refractivity contribution in [3.05, 3.63) is 70.2 Å². The Kier molecular flexibility index (Phi) is 7.05. The second-order valence-electron chi connectivity index (χ2n) is 7.06. The van der Waals surface area contributed by atoms with Crippen LogP contribution in [-0.2, 0) is 26.3 Å². The summed E-state index contributed by atoms with van der Waals surface area (Å²) in [6, 6.07) is 18.3. The van der Waals surface area contributed by atoms with E-state index in [-0.39, 0.29) is 11.3 Å². The second kappa shape index (κ2) is 9.49. The third-order valence-electron chi connectivity index (χ3n) is 5.22. The first kappa shape index (κ1) is 20.1. The summed E-state index contributed by atoms with van der Waals surface area (Å²) >= 11 is 3.49. The summed E-state index contributed by atoms with van der Waals surface area (Å²) in [5, 5.41) is 3.11. The van der Waals surface area contributed by atoms with Gasteiger partial charge in [-0.15, -0.1) is 0 Å². The molecule has 3 rings (SSSR count). The highest BCUT2D eigenvalue weighted by atomic mass is 79.9. The summed E-state index contributed by atoms with van der Waals surface area (Å²) in [7, 11) is 0. The number of halogens is 1. The zero-order valence-corrected chi connectivity index (χ0v) is 17.2. The summed E-state index contributed by atoms with van der Waals surface area (Å²) in [6.45, 7) is 4.25. The third kappa shape index (κ3) is 5.41. The van der Waals surface area contributed by atoms with Crippen molar-refractivity contribution in [3.63, 3.8) is 0 Å². The normalized spacial score (nSPS) is 17.3. The van der Waals surface area contributed by atoms with Gasteiger partial charge in [-0.1, -0.05) is 58.4 Å².